The van der Waals surface area contributed by atoms with Crippen molar-refractivity contribution in [3.05, 3.63) is 34.9 Å². The second-order valence-corrected chi connectivity index (χ2v) is 6.83. The van der Waals surface area contributed by atoms with Crippen LogP contribution in [0.2, 0.25) is 0 Å². The van der Waals surface area contributed by atoms with Crippen LogP contribution in [0.25, 0.3) is 0 Å². The Morgan fingerprint density at radius 1 is 1.23 bits per heavy atom. The molecule has 1 aromatic rings. The van der Waals surface area contributed by atoms with Crippen LogP contribution in [0.15, 0.2) is 12.1 Å². The molecule has 5 heteroatoms. The van der Waals surface area contributed by atoms with Crippen molar-refractivity contribution >= 4 is 6.09 Å². The number of carbonyl (C=O) groups excluding carboxylic acids is 1. The monoisotopic (exact) mass is 311 g/mol. The molecule has 0 unspecified atom stereocenters. The van der Waals surface area contributed by atoms with Gasteiger partial charge in [-0.05, 0) is 63.6 Å². The SMILES string of the molecule is Cc1ccc(F)c(F)c1C1CCN(C(=O)OC(C)(C)C)CC1. The Morgan fingerprint density at radius 2 is 1.82 bits per heavy atom. The fourth-order valence-electron chi connectivity index (χ4n) is 2.84. The highest BCUT2D eigenvalue weighted by Gasteiger charge is 2.29. The lowest BCUT2D eigenvalue weighted by Gasteiger charge is -2.34. The molecule has 1 aliphatic rings. The van der Waals surface area contributed by atoms with Gasteiger partial charge in [0.15, 0.2) is 11.6 Å². The first-order chi connectivity index (χ1) is 10.2. The van der Waals surface area contributed by atoms with Gasteiger partial charge in [0.2, 0.25) is 0 Å². The van der Waals surface area contributed by atoms with Gasteiger partial charge in [-0.25, -0.2) is 13.6 Å². The van der Waals surface area contributed by atoms with E-state index in [1.807, 2.05) is 20.8 Å². The Kier molecular flexibility index (Phi) is 4.73. The molecule has 0 N–H and O–H groups in total. The number of hydrogen-bond acceptors (Lipinski definition) is 2. The summed E-state index contributed by atoms with van der Waals surface area (Å²) in [6.45, 7) is 8.25. The van der Waals surface area contributed by atoms with Gasteiger partial charge >= 0.3 is 6.09 Å². The highest BCUT2D eigenvalue weighted by atomic mass is 19.2. The van der Waals surface area contributed by atoms with E-state index in [1.165, 1.54) is 0 Å². The summed E-state index contributed by atoms with van der Waals surface area (Å²) in [7, 11) is 0. The lowest BCUT2D eigenvalue weighted by atomic mass is 9.86. The zero-order valence-electron chi connectivity index (χ0n) is 13.6. The summed E-state index contributed by atoms with van der Waals surface area (Å²) in [5.74, 6) is -1.62. The second-order valence-electron chi connectivity index (χ2n) is 6.83. The summed E-state index contributed by atoms with van der Waals surface area (Å²) in [6.07, 6.45) is 0.878. The van der Waals surface area contributed by atoms with E-state index in [9.17, 15) is 13.6 Å². The minimum atomic E-state index is -0.810. The van der Waals surface area contributed by atoms with Crippen LogP contribution in [0.4, 0.5) is 13.6 Å². The van der Waals surface area contributed by atoms with Crippen molar-refractivity contribution in [3.63, 3.8) is 0 Å². The normalized spacial score (nSPS) is 16.7. The molecule has 1 fully saturated rings. The summed E-state index contributed by atoms with van der Waals surface area (Å²) in [4.78, 5) is 13.6. The van der Waals surface area contributed by atoms with Gasteiger partial charge in [-0.1, -0.05) is 6.07 Å². The number of benzene rings is 1. The van der Waals surface area contributed by atoms with Gasteiger partial charge in [-0.2, -0.15) is 0 Å². The number of halogens is 2. The topological polar surface area (TPSA) is 29.5 Å². The fourth-order valence-corrected chi connectivity index (χ4v) is 2.84. The molecule has 3 nitrogen and oxygen atoms in total. The van der Waals surface area contributed by atoms with Crippen LogP contribution in [0.1, 0.15) is 50.7 Å². The van der Waals surface area contributed by atoms with Crippen LogP contribution in [0.3, 0.4) is 0 Å². The molecule has 1 aromatic carbocycles. The zero-order valence-corrected chi connectivity index (χ0v) is 13.6. The molecule has 0 atom stereocenters. The molecule has 0 radical (unpaired) electrons. The van der Waals surface area contributed by atoms with E-state index >= 15 is 0 Å². The summed E-state index contributed by atoms with van der Waals surface area (Å²) in [5, 5.41) is 0. The average Bonchev–Trinajstić information content (AvgIpc) is 2.42. The first-order valence-corrected chi connectivity index (χ1v) is 7.61. The van der Waals surface area contributed by atoms with Crippen molar-refractivity contribution in [3.8, 4) is 0 Å². The number of likely N-dealkylation sites (tertiary alicyclic amines) is 1. The number of rotatable bonds is 1. The Bertz CT molecular complexity index is 559. The highest BCUT2D eigenvalue weighted by Crippen LogP contribution is 2.33. The summed E-state index contributed by atoms with van der Waals surface area (Å²) in [5.41, 5.74) is 0.678. The van der Waals surface area contributed by atoms with E-state index < -0.39 is 17.2 Å². The minimum Gasteiger partial charge on any atom is -0.444 e. The maximum Gasteiger partial charge on any atom is 0.410 e. The molecular formula is C17H23F2NO2. The van der Waals surface area contributed by atoms with Crippen LogP contribution in [-0.2, 0) is 4.74 Å². The van der Waals surface area contributed by atoms with E-state index in [4.69, 9.17) is 4.74 Å². The number of hydrogen-bond donors (Lipinski definition) is 0. The summed E-state index contributed by atoms with van der Waals surface area (Å²) in [6, 6.07) is 2.76. The van der Waals surface area contributed by atoms with Crippen LogP contribution >= 0.6 is 0 Å². The third-order valence-corrected chi connectivity index (χ3v) is 3.91. The fraction of sp³-hybridized carbons (Fsp3) is 0.588. The predicted octanol–water partition coefficient (Wildman–Crippen LogP) is 4.39. The maximum absolute atomic E-state index is 14.0. The van der Waals surface area contributed by atoms with Crippen molar-refractivity contribution in [1.82, 2.24) is 4.90 Å². The predicted molar refractivity (Wildman–Crippen MR) is 80.9 cm³/mol. The smallest absolute Gasteiger partial charge is 0.410 e. The van der Waals surface area contributed by atoms with Gasteiger partial charge in [0.05, 0.1) is 0 Å². The molecule has 2 rings (SSSR count). The Morgan fingerprint density at radius 3 is 2.36 bits per heavy atom. The molecule has 1 amide bonds. The van der Waals surface area contributed by atoms with Crippen LogP contribution in [0, 0.1) is 18.6 Å². The van der Waals surface area contributed by atoms with E-state index in [2.05, 4.69) is 0 Å². The number of nitrogens with zero attached hydrogens (tertiary/aromatic N) is 1. The molecule has 0 bridgehead atoms. The Balaban J connectivity index is 2.04. The first kappa shape index (κ1) is 16.7. The molecule has 0 spiro atoms. The molecule has 1 aliphatic heterocycles. The van der Waals surface area contributed by atoms with E-state index in [-0.39, 0.29) is 12.0 Å². The van der Waals surface area contributed by atoms with Gasteiger partial charge in [-0.3, -0.25) is 0 Å². The van der Waals surface area contributed by atoms with E-state index in [0.717, 1.165) is 11.6 Å². The Hall–Kier alpha value is -1.65. The van der Waals surface area contributed by atoms with Gasteiger partial charge in [0, 0.05) is 13.1 Å². The molecule has 22 heavy (non-hydrogen) atoms. The van der Waals surface area contributed by atoms with Gasteiger partial charge in [-0.15, -0.1) is 0 Å². The van der Waals surface area contributed by atoms with Gasteiger partial charge in [0.25, 0.3) is 0 Å². The van der Waals surface area contributed by atoms with Crippen molar-refractivity contribution in [2.45, 2.75) is 52.1 Å². The first-order valence-electron chi connectivity index (χ1n) is 7.61. The molecule has 1 saturated heterocycles. The second kappa shape index (κ2) is 6.23. The number of piperidine rings is 1. The van der Waals surface area contributed by atoms with Crippen molar-refractivity contribution in [2.75, 3.05) is 13.1 Å². The highest BCUT2D eigenvalue weighted by molar-refractivity contribution is 5.68. The summed E-state index contributed by atoms with van der Waals surface area (Å²) >= 11 is 0. The van der Waals surface area contributed by atoms with Crippen molar-refractivity contribution in [1.29, 1.82) is 0 Å². The lowest BCUT2D eigenvalue weighted by molar-refractivity contribution is 0.0204. The molecule has 122 valence electrons. The van der Waals surface area contributed by atoms with Crippen LogP contribution in [-0.4, -0.2) is 29.7 Å². The van der Waals surface area contributed by atoms with Gasteiger partial charge < -0.3 is 9.64 Å². The molecular weight excluding hydrogens is 288 g/mol. The Labute approximate surface area is 130 Å². The van der Waals surface area contributed by atoms with Crippen LogP contribution < -0.4 is 0 Å². The van der Waals surface area contributed by atoms with Crippen LogP contribution in [0.5, 0.6) is 0 Å². The summed E-state index contributed by atoms with van der Waals surface area (Å²) < 4.78 is 32.8. The molecule has 0 saturated carbocycles. The van der Waals surface area contributed by atoms with Crippen molar-refractivity contribution in [2.24, 2.45) is 0 Å². The molecule has 0 aromatic heterocycles. The quantitative estimate of drug-likeness (QED) is 0.770. The number of aryl methyl sites for hydroxylation is 1. The third kappa shape index (κ3) is 3.76. The maximum atomic E-state index is 14.0. The standard InChI is InChI=1S/C17H23F2NO2/c1-11-5-6-13(18)15(19)14(11)12-7-9-20(10-8-12)16(21)22-17(2,3)4/h5-6,12H,7-10H2,1-4H3. The minimum absolute atomic E-state index is 0.0608. The molecule has 1 heterocycles. The number of carbonyl (C=O) groups is 1. The zero-order chi connectivity index (χ0) is 16.5. The third-order valence-electron chi connectivity index (χ3n) is 3.91. The number of ether oxygens (including phenoxy) is 1. The van der Waals surface area contributed by atoms with E-state index in [0.29, 0.717) is 31.5 Å². The van der Waals surface area contributed by atoms with E-state index in [1.54, 1.807) is 17.9 Å². The lowest BCUT2D eigenvalue weighted by Crippen LogP contribution is -2.41. The largest absolute Gasteiger partial charge is 0.444 e. The van der Waals surface area contributed by atoms with Gasteiger partial charge in [0.1, 0.15) is 5.60 Å². The molecule has 0 aliphatic carbocycles. The number of amides is 1. The average molecular weight is 311 g/mol. The van der Waals surface area contributed by atoms with Crippen molar-refractivity contribution < 1.29 is 18.3 Å².